The molecule has 1 atom stereocenters. The highest BCUT2D eigenvalue weighted by Gasteiger charge is 2.26. The Morgan fingerprint density at radius 2 is 1.96 bits per heavy atom. The number of hydrogen-bond donors (Lipinski definition) is 0. The van der Waals surface area contributed by atoms with Crippen molar-refractivity contribution in [1.29, 1.82) is 0 Å². The molecule has 23 heavy (non-hydrogen) atoms. The maximum atomic E-state index is 12.6. The molecule has 0 saturated carbocycles. The van der Waals surface area contributed by atoms with E-state index >= 15 is 0 Å². The van der Waals surface area contributed by atoms with E-state index in [-0.39, 0.29) is 11.9 Å². The van der Waals surface area contributed by atoms with Crippen LogP contribution >= 0.6 is 11.8 Å². The molecule has 0 aliphatic carbocycles. The number of carbonyl (C=O) groups is 1. The average molecular weight is 325 g/mol. The van der Waals surface area contributed by atoms with Crippen LogP contribution in [0.25, 0.3) is 0 Å². The number of nitrogens with zero attached hydrogens (tertiary/aromatic N) is 3. The summed E-state index contributed by atoms with van der Waals surface area (Å²) in [7, 11) is 0. The second-order valence-corrected chi connectivity index (χ2v) is 6.31. The van der Waals surface area contributed by atoms with Crippen LogP contribution in [0.5, 0.6) is 0 Å². The molecule has 0 N–H and O–H groups in total. The van der Waals surface area contributed by atoms with Crippen molar-refractivity contribution in [2.75, 3.05) is 12.3 Å². The summed E-state index contributed by atoms with van der Waals surface area (Å²) in [5, 5.41) is 0.829. The van der Waals surface area contributed by atoms with Crippen LogP contribution in [0.1, 0.15) is 24.1 Å². The molecule has 1 unspecified atom stereocenters. The van der Waals surface area contributed by atoms with Gasteiger partial charge in [-0.2, -0.15) is 0 Å². The number of carbonyl (C=O) groups excluding carboxylic acids is 1. The fourth-order valence-corrected chi connectivity index (χ4v) is 3.71. The van der Waals surface area contributed by atoms with Gasteiger partial charge in [-0.1, -0.05) is 42.1 Å². The van der Waals surface area contributed by atoms with Gasteiger partial charge in [0.2, 0.25) is 5.91 Å². The number of pyridine rings is 1. The summed E-state index contributed by atoms with van der Waals surface area (Å²) in [6, 6.07) is 13.9. The second-order valence-electron chi connectivity index (χ2n) is 5.32. The fraction of sp³-hybridized carbons (Fsp3) is 0.278. The highest BCUT2D eigenvalue weighted by Crippen LogP contribution is 2.31. The van der Waals surface area contributed by atoms with Gasteiger partial charge in [-0.3, -0.25) is 19.7 Å². The number of hydrogen-bond acceptors (Lipinski definition) is 4. The fourth-order valence-electron chi connectivity index (χ4n) is 2.55. The van der Waals surface area contributed by atoms with E-state index in [1.807, 2.05) is 49.4 Å². The highest BCUT2D eigenvalue weighted by atomic mass is 32.2. The van der Waals surface area contributed by atoms with Gasteiger partial charge < -0.3 is 0 Å². The number of likely N-dealkylation sites (N-methyl/N-ethyl adjacent to an activating group) is 1. The molecule has 0 saturated heterocycles. The lowest BCUT2D eigenvalue weighted by Crippen LogP contribution is -2.35. The van der Waals surface area contributed by atoms with E-state index in [0.717, 1.165) is 22.0 Å². The Morgan fingerprint density at radius 3 is 2.65 bits per heavy atom. The molecule has 1 aromatic heterocycles. The molecule has 2 aromatic rings. The van der Waals surface area contributed by atoms with Gasteiger partial charge in [0.1, 0.15) is 0 Å². The summed E-state index contributed by atoms with van der Waals surface area (Å²) in [5.74, 6) is 0.967. The molecule has 0 fully saturated rings. The lowest BCUT2D eigenvalue weighted by molar-refractivity contribution is -0.126. The molecule has 5 heteroatoms. The Bertz CT molecular complexity index is 688. The molecule has 0 bridgehead atoms. The molecule has 1 aliphatic heterocycles. The van der Waals surface area contributed by atoms with E-state index in [2.05, 4.69) is 4.98 Å². The zero-order valence-electron chi connectivity index (χ0n) is 13.1. The average Bonchev–Trinajstić information content (AvgIpc) is 3.07. The van der Waals surface area contributed by atoms with Crippen molar-refractivity contribution in [2.24, 2.45) is 4.99 Å². The topological polar surface area (TPSA) is 45.6 Å². The van der Waals surface area contributed by atoms with Gasteiger partial charge in [-0.25, -0.2) is 0 Å². The van der Waals surface area contributed by atoms with Gasteiger partial charge in [0.05, 0.1) is 12.5 Å². The molecule has 2 heterocycles. The van der Waals surface area contributed by atoms with E-state index in [1.54, 1.807) is 29.1 Å². The van der Waals surface area contributed by atoms with Crippen LogP contribution in [-0.4, -0.2) is 33.3 Å². The number of rotatable bonds is 4. The molecule has 1 aliphatic rings. The first-order chi connectivity index (χ1) is 11.3. The number of aromatic nitrogens is 1. The third-order valence-corrected chi connectivity index (χ3v) is 4.84. The standard InChI is InChI=1S/C18H19N3OS/c1-2-21(17(22)12-14-6-4-3-5-7-14)18-20-16(13-23-18)15-8-10-19-11-9-15/h3-11,16H,2,12-13H2,1H3. The van der Waals surface area contributed by atoms with Crippen LogP contribution in [0.15, 0.2) is 59.9 Å². The maximum absolute atomic E-state index is 12.6. The minimum atomic E-state index is 0.0975. The van der Waals surface area contributed by atoms with Crippen LogP contribution in [0.4, 0.5) is 0 Å². The van der Waals surface area contributed by atoms with E-state index in [4.69, 9.17) is 4.99 Å². The van der Waals surface area contributed by atoms with Crippen molar-refractivity contribution in [3.05, 3.63) is 66.0 Å². The molecular weight excluding hydrogens is 306 g/mol. The Hall–Kier alpha value is -2.14. The van der Waals surface area contributed by atoms with Crippen LogP contribution in [0, 0.1) is 0 Å². The lowest BCUT2D eigenvalue weighted by Gasteiger charge is -2.20. The van der Waals surface area contributed by atoms with E-state index in [0.29, 0.717) is 13.0 Å². The molecule has 3 rings (SSSR count). The molecule has 4 nitrogen and oxygen atoms in total. The van der Waals surface area contributed by atoms with Crippen molar-refractivity contribution < 1.29 is 4.79 Å². The molecule has 1 amide bonds. The van der Waals surface area contributed by atoms with Crippen molar-refractivity contribution in [1.82, 2.24) is 9.88 Å². The minimum absolute atomic E-state index is 0.0975. The first-order valence-electron chi connectivity index (χ1n) is 7.72. The quantitative estimate of drug-likeness (QED) is 0.866. The number of benzene rings is 1. The summed E-state index contributed by atoms with van der Waals surface area (Å²) in [6.45, 7) is 2.63. The number of amides is 1. The van der Waals surface area contributed by atoms with E-state index in [9.17, 15) is 4.79 Å². The van der Waals surface area contributed by atoms with E-state index < -0.39 is 0 Å². The predicted molar refractivity (Wildman–Crippen MR) is 94.4 cm³/mol. The number of thioether (sulfide) groups is 1. The van der Waals surface area contributed by atoms with Crippen molar-refractivity contribution in [2.45, 2.75) is 19.4 Å². The summed E-state index contributed by atoms with van der Waals surface area (Å²) < 4.78 is 0. The zero-order valence-corrected chi connectivity index (χ0v) is 13.9. The lowest BCUT2D eigenvalue weighted by atomic mass is 10.1. The van der Waals surface area contributed by atoms with Crippen molar-refractivity contribution in [3.63, 3.8) is 0 Å². The monoisotopic (exact) mass is 325 g/mol. The number of amidine groups is 1. The van der Waals surface area contributed by atoms with Crippen molar-refractivity contribution in [3.8, 4) is 0 Å². The van der Waals surface area contributed by atoms with Crippen LogP contribution in [0.3, 0.4) is 0 Å². The molecule has 0 radical (unpaired) electrons. The second kappa shape index (κ2) is 7.42. The Labute approximate surface area is 140 Å². The van der Waals surface area contributed by atoms with Gasteiger partial charge in [-0.15, -0.1) is 0 Å². The highest BCUT2D eigenvalue weighted by molar-refractivity contribution is 8.14. The largest absolute Gasteiger partial charge is 0.292 e. The summed E-state index contributed by atoms with van der Waals surface area (Å²) in [4.78, 5) is 23.2. The SMILES string of the molecule is CCN(C(=O)Cc1ccccc1)C1=NC(c2ccncc2)CS1. The molecule has 1 aromatic carbocycles. The van der Waals surface area contributed by atoms with Crippen LogP contribution in [0.2, 0.25) is 0 Å². The predicted octanol–water partition coefficient (Wildman–Crippen LogP) is 3.32. The maximum Gasteiger partial charge on any atom is 0.232 e. The number of aliphatic imine (C=N–C) groups is 1. The van der Waals surface area contributed by atoms with Gasteiger partial charge in [0.15, 0.2) is 5.17 Å². The molecular formula is C18H19N3OS. The third kappa shape index (κ3) is 3.79. The van der Waals surface area contributed by atoms with Gasteiger partial charge in [-0.05, 0) is 30.2 Å². The van der Waals surface area contributed by atoms with Gasteiger partial charge in [0, 0.05) is 24.7 Å². The smallest absolute Gasteiger partial charge is 0.232 e. The Kier molecular flexibility index (Phi) is 5.08. The third-order valence-electron chi connectivity index (χ3n) is 3.77. The zero-order chi connectivity index (χ0) is 16.1. The van der Waals surface area contributed by atoms with Crippen LogP contribution in [-0.2, 0) is 11.2 Å². The van der Waals surface area contributed by atoms with Gasteiger partial charge in [0.25, 0.3) is 0 Å². The normalized spacial score (nSPS) is 16.9. The van der Waals surface area contributed by atoms with Crippen LogP contribution < -0.4 is 0 Å². The first-order valence-corrected chi connectivity index (χ1v) is 8.71. The Balaban J connectivity index is 1.72. The molecule has 0 spiro atoms. The van der Waals surface area contributed by atoms with Crippen molar-refractivity contribution >= 4 is 22.8 Å². The summed E-state index contributed by atoms with van der Waals surface area (Å²) in [6.07, 6.45) is 3.98. The van der Waals surface area contributed by atoms with Gasteiger partial charge >= 0.3 is 0 Å². The Morgan fingerprint density at radius 1 is 1.22 bits per heavy atom. The summed E-state index contributed by atoms with van der Waals surface area (Å²) in [5.41, 5.74) is 2.18. The summed E-state index contributed by atoms with van der Waals surface area (Å²) >= 11 is 1.65. The first kappa shape index (κ1) is 15.7. The minimum Gasteiger partial charge on any atom is -0.292 e. The van der Waals surface area contributed by atoms with E-state index in [1.165, 1.54) is 0 Å². The molecule has 118 valence electrons.